The van der Waals surface area contributed by atoms with Crippen LogP contribution in [0.5, 0.6) is 5.75 Å². The number of carbonyl (C=O) groups is 1. The Labute approximate surface area is 181 Å². The number of nitrogens with zero attached hydrogens (tertiary/aromatic N) is 1. The van der Waals surface area contributed by atoms with Crippen molar-refractivity contribution in [2.24, 2.45) is 5.16 Å². The van der Waals surface area contributed by atoms with Crippen LogP contribution in [0.1, 0.15) is 11.1 Å². The lowest BCUT2D eigenvalue weighted by Crippen LogP contribution is -2.11. The molecule has 0 saturated heterocycles. The molecule has 0 aliphatic carbocycles. The molecule has 3 aromatic rings. The zero-order valence-electron chi connectivity index (χ0n) is 17.4. The molecule has 1 N–H and O–H groups in total. The van der Waals surface area contributed by atoms with Gasteiger partial charge in [0, 0.05) is 12.7 Å². The number of methoxy groups -OCH3 is 1. The molecule has 0 spiro atoms. The predicted molar refractivity (Wildman–Crippen MR) is 120 cm³/mol. The molecule has 0 amide bonds. The molecule has 3 rings (SSSR count). The van der Waals surface area contributed by atoms with Crippen LogP contribution in [0.2, 0.25) is 0 Å². The van der Waals surface area contributed by atoms with Gasteiger partial charge in [-0.1, -0.05) is 71.9 Å². The lowest BCUT2D eigenvalue weighted by atomic mass is 10.0. The summed E-state index contributed by atoms with van der Waals surface area (Å²) in [5.41, 5.74) is 4.57. The van der Waals surface area contributed by atoms with Crippen LogP contribution in [0, 0.1) is 0 Å². The Hall–Kier alpha value is -3.64. The molecule has 160 valence electrons. The highest BCUT2D eigenvalue weighted by molar-refractivity contribution is 6.01. The van der Waals surface area contributed by atoms with E-state index in [0.717, 1.165) is 16.7 Å². The molecule has 31 heavy (non-hydrogen) atoms. The molecule has 6 nitrogen and oxygen atoms in total. The van der Waals surface area contributed by atoms with Gasteiger partial charge in [-0.2, -0.15) is 0 Å². The monoisotopic (exact) mass is 419 g/mol. The van der Waals surface area contributed by atoms with E-state index < -0.39 is 5.97 Å². The van der Waals surface area contributed by atoms with Gasteiger partial charge in [0.05, 0.1) is 13.0 Å². The number of rotatable bonds is 11. The van der Waals surface area contributed by atoms with Crippen molar-refractivity contribution in [1.82, 2.24) is 0 Å². The summed E-state index contributed by atoms with van der Waals surface area (Å²) in [5, 5.41) is 13.1. The third kappa shape index (κ3) is 6.97. The van der Waals surface area contributed by atoms with E-state index in [2.05, 4.69) is 17.3 Å². The van der Waals surface area contributed by atoms with Crippen molar-refractivity contribution in [2.45, 2.75) is 6.42 Å². The van der Waals surface area contributed by atoms with E-state index in [9.17, 15) is 4.79 Å². The molecule has 0 aliphatic heterocycles. The van der Waals surface area contributed by atoms with Crippen molar-refractivity contribution < 1.29 is 24.2 Å². The molecule has 0 aliphatic rings. The quantitative estimate of drug-likeness (QED) is 0.283. The second kappa shape index (κ2) is 11.5. The summed E-state index contributed by atoms with van der Waals surface area (Å²) < 4.78 is 10.9. The molecule has 0 fully saturated rings. The second-order valence-corrected chi connectivity index (χ2v) is 6.81. The first-order valence-electron chi connectivity index (χ1n) is 9.93. The highest BCUT2D eigenvalue weighted by Crippen LogP contribution is 2.19. The van der Waals surface area contributed by atoms with Crippen molar-refractivity contribution in [1.29, 1.82) is 0 Å². The van der Waals surface area contributed by atoms with Gasteiger partial charge < -0.3 is 19.4 Å². The van der Waals surface area contributed by atoms with Gasteiger partial charge in [-0.3, -0.25) is 4.79 Å². The lowest BCUT2D eigenvalue weighted by Gasteiger charge is -2.09. The van der Waals surface area contributed by atoms with Crippen LogP contribution in [0.25, 0.3) is 11.1 Å². The molecule has 0 saturated carbocycles. The number of carboxylic acids is 1. The van der Waals surface area contributed by atoms with Crippen molar-refractivity contribution in [3.05, 3.63) is 90.0 Å². The molecular formula is C25H25NO5. The Bertz CT molecular complexity index is 1000. The molecular weight excluding hydrogens is 394 g/mol. The number of benzene rings is 3. The fraction of sp³-hybridized carbons (Fsp3) is 0.200. The van der Waals surface area contributed by atoms with Crippen LogP contribution in [0.15, 0.2) is 84.0 Å². The van der Waals surface area contributed by atoms with Crippen molar-refractivity contribution in [2.75, 3.05) is 26.9 Å². The van der Waals surface area contributed by atoms with Crippen molar-refractivity contribution >= 4 is 11.7 Å². The normalized spacial score (nSPS) is 11.2. The SMILES string of the molecule is COC/C(=N\OCCOc1cccc(CC(=O)O)c1)c1ccc(-c2ccccc2)cc1. The van der Waals surface area contributed by atoms with Gasteiger partial charge in [0.25, 0.3) is 0 Å². The van der Waals surface area contributed by atoms with Crippen LogP contribution in [0.3, 0.4) is 0 Å². The average Bonchev–Trinajstić information content (AvgIpc) is 2.79. The number of carboxylic acid groups (broad SMARTS) is 1. The maximum absolute atomic E-state index is 10.8. The highest BCUT2D eigenvalue weighted by Gasteiger charge is 2.06. The van der Waals surface area contributed by atoms with E-state index in [4.69, 9.17) is 19.4 Å². The molecule has 0 bridgehead atoms. The van der Waals surface area contributed by atoms with Crippen molar-refractivity contribution in [3.63, 3.8) is 0 Å². The number of hydrogen-bond donors (Lipinski definition) is 1. The summed E-state index contributed by atoms with van der Waals surface area (Å²) in [5.74, 6) is -0.280. The van der Waals surface area contributed by atoms with E-state index in [1.165, 1.54) is 0 Å². The average molecular weight is 419 g/mol. The number of oxime groups is 1. The zero-order valence-corrected chi connectivity index (χ0v) is 17.4. The van der Waals surface area contributed by atoms with E-state index in [0.29, 0.717) is 23.6 Å². The molecule has 0 aromatic heterocycles. The largest absolute Gasteiger partial charge is 0.490 e. The fourth-order valence-corrected chi connectivity index (χ4v) is 3.02. The summed E-state index contributed by atoms with van der Waals surface area (Å²) in [4.78, 5) is 16.2. The summed E-state index contributed by atoms with van der Waals surface area (Å²) in [6.07, 6.45) is -0.0402. The first-order valence-corrected chi connectivity index (χ1v) is 9.93. The first kappa shape index (κ1) is 22.1. The van der Waals surface area contributed by atoms with Crippen molar-refractivity contribution in [3.8, 4) is 16.9 Å². The van der Waals surface area contributed by atoms with Gasteiger partial charge >= 0.3 is 5.97 Å². The van der Waals surface area contributed by atoms with Crippen LogP contribution in [-0.2, 0) is 20.8 Å². The number of hydrogen-bond acceptors (Lipinski definition) is 5. The Kier molecular flexibility index (Phi) is 8.20. The van der Waals surface area contributed by atoms with Crippen LogP contribution < -0.4 is 4.74 Å². The topological polar surface area (TPSA) is 77.3 Å². The second-order valence-electron chi connectivity index (χ2n) is 6.81. The maximum atomic E-state index is 10.8. The van der Waals surface area contributed by atoms with Gasteiger partial charge in [-0.15, -0.1) is 0 Å². The van der Waals surface area contributed by atoms with Gasteiger partial charge in [-0.05, 0) is 28.8 Å². The third-order valence-electron chi connectivity index (χ3n) is 4.48. The standard InChI is InChI=1S/C25H25NO5/c1-29-18-24(22-12-10-21(11-13-22)20-7-3-2-4-8-20)26-31-15-14-30-23-9-5-6-19(16-23)17-25(27)28/h2-13,16H,14-15,17-18H2,1H3,(H,27,28)/b26-24+. The minimum absolute atomic E-state index is 0.0402. The molecule has 0 radical (unpaired) electrons. The molecule has 3 aromatic carbocycles. The minimum Gasteiger partial charge on any atom is -0.490 e. The van der Waals surface area contributed by atoms with Crippen LogP contribution >= 0.6 is 0 Å². The fourth-order valence-electron chi connectivity index (χ4n) is 3.02. The van der Waals surface area contributed by atoms with Gasteiger partial charge in [0.1, 0.15) is 18.1 Å². The third-order valence-corrected chi connectivity index (χ3v) is 4.48. The first-order chi connectivity index (χ1) is 15.2. The Morgan fingerprint density at radius 3 is 2.35 bits per heavy atom. The zero-order chi connectivity index (χ0) is 21.9. The van der Waals surface area contributed by atoms with E-state index in [-0.39, 0.29) is 19.6 Å². The Morgan fingerprint density at radius 2 is 1.65 bits per heavy atom. The van der Waals surface area contributed by atoms with Gasteiger partial charge in [-0.25, -0.2) is 0 Å². The van der Waals surface area contributed by atoms with E-state index in [1.807, 2.05) is 42.5 Å². The summed E-state index contributed by atoms with van der Waals surface area (Å²) in [6.45, 7) is 0.856. The van der Waals surface area contributed by atoms with Gasteiger partial charge in [0.15, 0.2) is 6.61 Å². The smallest absolute Gasteiger partial charge is 0.307 e. The maximum Gasteiger partial charge on any atom is 0.307 e. The van der Waals surface area contributed by atoms with Crippen LogP contribution in [-0.4, -0.2) is 43.7 Å². The molecule has 0 unspecified atom stereocenters. The Balaban J connectivity index is 1.55. The predicted octanol–water partition coefficient (Wildman–Crippen LogP) is 4.43. The molecule has 0 heterocycles. The minimum atomic E-state index is -0.878. The summed E-state index contributed by atoms with van der Waals surface area (Å²) in [6, 6.07) is 25.2. The summed E-state index contributed by atoms with van der Waals surface area (Å²) >= 11 is 0. The highest BCUT2D eigenvalue weighted by atomic mass is 16.6. The van der Waals surface area contributed by atoms with E-state index >= 15 is 0 Å². The number of ether oxygens (including phenoxy) is 2. The van der Waals surface area contributed by atoms with E-state index in [1.54, 1.807) is 31.4 Å². The Morgan fingerprint density at radius 1 is 0.903 bits per heavy atom. The number of aliphatic carboxylic acids is 1. The molecule has 0 atom stereocenters. The molecule has 6 heteroatoms. The lowest BCUT2D eigenvalue weighted by molar-refractivity contribution is -0.136. The van der Waals surface area contributed by atoms with Gasteiger partial charge in [0.2, 0.25) is 0 Å². The van der Waals surface area contributed by atoms with Crippen LogP contribution in [0.4, 0.5) is 0 Å². The summed E-state index contributed by atoms with van der Waals surface area (Å²) in [7, 11) is 1.61.